The minimum atomic E-state index is -0.452. The van der Waals surface area contributed by atoms with Crippen molar-refractivity contribution < 1.29 is 13.6 Å². The van der Waals surface area contributed by atoms with Crippen molar-refractivity contribution in [2.24, 2.45) is 5.84 Å². The highest BCUT2D eigenvalue weighted by atomic mass is 19.1. The van der Waals surface area contributed by atoms with E-state index in [1.54, 1.807) is 19.1 Å². The van der Waals surface area contributed by atoms with Gasteiger partial charge in [-0.15, -0.1) is 0 Å². The van der Waals surface area contributed by atoms with Gasteiger partial charge in [-0.1, -0.05) is 12.1 Å². The van der Waals surface area contributed by atoms with E-state index < -0.39 is 5.91 Å². The Morgan fingerprint density at radius 2 is 2.14 bits per heavy atom. The lowest BCUT2D eigenvalue weighted by atomic mass is 10.2. The van der Waals surface area contributed by atoms with E-state index in [4.69, 9.17) is 10.3 Å². The Kier molecular flexibility index (Phi) is 4.72. The summed E-state index contributed by atoms with van der Waals surface area (Å²) in [6.45, 7) is 2.87. The maximum Gasteiger partial charge on any atom is 0.301 e. The summed E-state index contributed by atoms with van der Waals surface area (Å²) in [6.07, 6.45) is 0. The summed E-state index contributed by atoms with van der Waals surface area (Å²) in [4.78, 5) is 13.4. The Labute approximate surface area is 122 Å². The molecule has 0 atom stereocenters. The second kappa shape index (κ2) is 6.51. The van der Waals surface area contributed by atoms with Gasteiger partial charge in [-0.25, -0.2) is 10.2 Å². The molecular weight excluding hydrogens is 273 g/mol. The molecule has 0 aliphatic heterocycles. The first-order chi connectivity index (χ1) is 9.99. The minimum Gasteiger partial charge on any atom is -0.454 e. The second-order valence-electron chi connectivity index (χ2n) is 5.00. The van der Waals surface area contributed by atoms with Crippen molar-refractivity contribution >= 4 is 5.91 Å². The molecule has 0 spiro atoms. The lowest BCUT2D eigenvalue weighted by molar-refractivity contribution is 0.0921. The van der Waals surface area contributed by atoms with Gasteiger partial charge in [0.2, 0.25) is 0 Å². The maximum atomic E-state index is 13.1. The quantitative estimate of drug-likeness (QED) is 0.502. The van der Waals surface area contributed by atoms with Crippen LogP contribution in [0.1, 0.15) is 27.4 Å². The zero-order valence-corrected chi connectivity index (χ0v) is 12.0. The van der Waals surface area contributed by atoms with E-state index in [2.05, 4.69) is 0 Å². The number of carbonyl (C=O) groups is 1. The monoisotopic (exact) mass is 291 g/mol. The average molecular weight is 291 g/mol. The summed E-state index contributed by atoms with van der Waals surface area (Å²) in [5, 5.41) is 0. The summed E-state index contributed by atoms with van der Waals surface area (Å²) < 4.78 is 18.6. The van der Waals surface area contributed by atoms with Crippen LogP contribution < -0.4 is 11.3 Å². The Morgan fingerprint density at radius 3 is 2.81 bits per heavy atom. The van der Waals surface area contributed by atoms with Gasteiger partial charge in [0.15, 0.2) is 5.76 Å². The summed E-state index contributed by atoms with van der Waals surface area (Å²) in [7, 11) is 1.89. The topological polar surface area (TPSA) is 71.5 Å². The summed E-state index contributed by atoms with van der Waals surface area (Å²) >= 11 is 0. The van der Waals surface area contributed by atoms with E-state index >= 15 is 0 Å². The van der Waals surface area contributed by atoms with Crippen molar-refractivity contribution in [1.82, 2.24) is 10.3 Å². The first-order valence-corrected chi connectivity index (χ1v) is 6.53. The minimum absolute atomic E-state index is 0.214. The van der Waals surface area contributed by atoms with Gasteiger partial charge in [-0.05, 0) is 37.7 Å². The number of carbonyl (C=O) groups excluding carboxylic acids is 1. The van der Waals surface area contributed by atoms with Gasteiger partial charge >= 0.3 is 5.91 Å². The van der Waals surface area contributed by atoms with E-state index in [9.17, 15) is 9.18 Å². The smallest absolute Gasteiger partial charge is 0.301 e. The Bertz CT molecular complexity index is 640. The van der Waals surface area contributed by atoms with Crippen LogP contribution in [0, 0.1) is 12.7 Å². The largest absolute Gasteiger partial charge is 0.454 e. The van der Waals surface area contributed by atoms with Crippen LogP contribution >= 0.6 is 0 Å². The molecule has 2 aromatic rings. The van der Waals surface area contributed by atoms with Crippen molar-refractivity contribution in [3.05, 3.63) is 58.8 Å². The summed E-state index contributed by atoms with van der Waals surface area (Å²) in [5.41, 5.74) is 3.65. The van der Waals surface area contributed by atoms with E-state index in [0.717, 1.165) is 11.1 Å². The third-order valence-corrected chi connectivity index (χ3v) is 3.07. The zero-order chi connectivity index (χ0) is 15.4. The molecular formula is C15H18FN3O2. The molecule has 0 aliphatic rings. The normalized spacial score (nSPS) is 10.9. The van der Waals surface area contributed by atoms with Crippen molar-refractivity contribution in [3.63, 3.8) is 0 Å². The van der Waals surface area contributed by atoms with Crippen LogP contribution in [0.3, 0.4) is 0 Å². The number of hydrogen-bond acceptors (Lipinski definition) is 4. The van der Waals surface area contributed by atoms with Gasteiger partial charge in [-0.3, -0.25) is 15.1 Å². The van der Waals surface area contributed by atoms with Crippen LogP contribution in [0.2, 0.25) is 0 Å². The zero-order valence-electron chi connectivity index (χ0n) is 12.0. The van der Waals surface area contributed by atoms with Gasteiger partial charge in [0.05, 0.1) is 6.54 Å². The number of halogens is 1. The van der Waals surface area contributed by atoms with Crippen LogP contribution in [0.4, 0.5) is 4.39 Å². The van der Waals surface area contributed by atoms with Crippen LogP contribution in [-0.2, 0) is 13.1 Å². The van der Waals surface area contributed by atoms with Crippen LogP contribution in [0.15, 0.2) is 34.7 Å². The van der Waals surface area contributed by atoms with Gasteiger partial charge in [0, 0.05) is 12.1 Å². The molecule has 112 valence electrons. The molecule has 0 unspecified atom stereocenters. The number of nitrogens with two attached hydrogens (primary N) is 1. The lowest BCUT2D eigenvalue weighted by Crippen LogP contribution is -2.30. The number of nitrogens with one attached hydrogen (secondary N) is 1. The van der Waals surface area contributed by atoms with E-state index in [1.165, 1.54) is 12.1 Å². The molecule has 1 heterocycles. The summed E-state index contributed by atoms with van der Waals surface area (Å²) in [5.74, 6) is 5.26. The molecule has 0 fully saturated rings. The first-order valence-electron chi connectivity index (χ1n) is 6.53. The number of aryl methyl sites for hydroxylation is 1. The highest BCUT2D eigenvalue weighted by Crippen LogP contribution is 2.17. The van der Waals surface area contributed by atoms with Crippen LogP contribution in [0.25, 0.3) is 0 Å². The average Bonchev–Trinajstić information content (AvgIpc) is 2.78. The van der Waals surface area contributed by atoms with Crippen molar-refractivity contribution in [3.8, 4) is 0 Å². The number of rotatable bonds is 5. The third-order valence-electron chi connectivity index (χ3n) is 3.07. The predicted molar refractivity (Wildman–Crippen MR) is 76.7 cm³/mol. The number of nitrogen functional groups attached to an aromatic ring is 1. The predicted octanol–water partition coefficient (Wildman–Crippen LogP) is 1.96. The molecule has 5 nitrogen and oxygen atoms in total. The number of amides is 1. The van der Waals surface area contributed by atoms with Crippen molar-refractivity contribution in [2.45, 2.75) is 20.0 Å². The van der Waals surface area contributed by atoms with E-state index in [0.29, 0.717) is 18.8 Å². The fourth-order valence-electron chi connectivity index (χ4n) is 2.19. The number of furan rings is 1. The molecule has 6 heteroatoms. The molecule has 21 heavy (non-hydrogen) atoms. The number of hydrazine groups is 1. The van der Waals surface area contributed by atoms with Crippen LogP contribution in [0.5, 0.6) is 0 Å². The van der Waals surface area contributed by atoms with Gasteiger partial charge in [0.25, 0.3) is 0 Å². The van der Waals surface area contributed by atoms with E-state index in [-0.39, 0.29) is 11.6 Å². The molecule has 3 N–H and O–H groups in total. The van der Waals surface area contributed by atoms with E-state index in [1.807, 2.05) is 23.4 Å². The first kappa shape index (κ1) is 15.2. The fourth-order valence-corrected chi connectivity index (χ4v) is 2.19. The Balaban J connectivity index is 2.03. The third kappa shape index (κ3) is 3.90. The standard InChI is InChI=1S/C15H18FN3O2/c1-10-6-13(21-14(10)15(20)18-17)9-19(2)8-11-4-3-5-12(16)7-11/h3-7H,8-9,17H2,1-2H3,(H,18,20). The molecule has 2 rings (SSSR count). The van der Waals surface area contributed by atoms with Crippen molar-refractivity contribution in [2.75, 3.05) is 7.05 Å². The Hall–Kier alpha value is -2.18. The fraction of sp³-hybridized carbons (Fsp3) is 0.267. The summed E-state index contributed by atoms with van der Waals surface area (Å²) in [6, 6.07) is 8.25. The highest BCUT2D eigenvalue weighted by Gasteiger charge is 2.15. The van der Waals surface area contributed by atoms with Gasteiger partial charge < -0.3 is 4.42 Å². The lowest BCUT2D eigenvalue weighted by Gasteiger charge is -2.15. The molecule has 1 aromatic carbocycles. The molecule has 1 aromatic heterocycles. The number of nitrogens with zero attached hydrogens (tertiary/aromatic N) is 1. The SMILES string of the molecule is Cc1cc(CN(C)Cc2cccc(F)c2)oc1C(=O)NN. The van der Waals surface area contributed by atoms with Gasteiger partial charge in [0.1, 0.15) is 11.6 Å². The van der Waals surface area contributed by atoms with Crippen molar-refractivity contribution in [1.29, 1.82) is 0 Å². The molecule has 0 saturated heterocycles. The molecule has 1 amide bonds. The van der Waals surface area contributed by atoms with Gasteiger partial charge in [-0.2, -0.15) is 0 Å². The number of benzene rings is 1. The highest BCUT2D eigenvalue weighted by molar-refractivity contribution is 5.92. The molecule has 0 aliphatic carbocycles. The second-order valence-corrected chi connectivity index (χ2v) is 5.00. The molecule has 0 bridgehead atoms. The van der Waals surface area contributed by atoms with Crippen LogP contribution in [-0.4, -0.2) is 17.9 Å². The maximum absolute atomic E-state index is 13.1. The molecule has 0 saturated carbocycles. The number of hydrogen-bond donors (Lipinski definition) is 2. The molecule has 0 radical (unpaired) electrons. The Morgan fingerprint density at radius 1 is 1.38 bits per heavy atom.